The number of allylic oxidation sites excluding steroid dienone is 3. The SMILES string of the molecule is CC(C)[C@H](CC(=O)CCCCCN1C(=O)C=CC1=O)C(=O)N[C@@H](CCCNC(N)=O)C(=O)Cc1ccc(COC(=O)N2CCN(C)CC2)cc1.CO[C@H]([C@@H](C)[C@H]1O[C@]1(C)C[C@H](C)/C=C/C=C(\C)[C@H]1O[C@@H](CCC(=O)CCOCCOC(C)=O)CC[C@@H]1C)[C@@H](C)O. The number of urea groups is 1. The van der Waals surface area contributed by atoms with Crippen LogP contribution in [0.1, 0.15) is 157 Å². The number of imide groups is 1. The Morgan fingerprint density at radius 2 is 1.52 bits per heavy atom. The molecule has 504 valence electrons. The van der Waals surface area contributed by atoms with E-state index in [-0.39, 0.29) is 134 Å². The molecule has 11 atom stereocenters. The van der Waals surface area contributed by atoms with Crippen molar-refractivity contribution >= 4 is 53.2 Å². The molecule has 1 aromatic rings. The van der Waals surface area contributed by atoms with Gasteiger partial charge in [-0.05, 0) is 114 Å². The van der Waals surface area contributed by atoms with Gasteiger partial charge in [0.2, 0.25) is 5.91 Å². The second-order valence-corrected chi connectivity index (χ2v) is 25.5. The molecular formula is C68H106N6O16. The molecule has 0 saturated carbocycles. The Kier molecular flexibility index (Phi) is 33.3. The van der Waals surface area contributed by atoms with Crippen LogP contribution < -0.4 is 16.4 Å². The van der Waals surface area contributed by atoms with Gasteiger partial charge in [-0.2, -0.15) is 0 Å². The Morgan fingerprint density at radius 3 is 2.16 bits per heavy atom. The summed E-state index contributed by atoms with van der Waals surface area (Å²) in [6.45, 7) is 22.0. The highest BCUT2D eigenvalue weighted by Crippen LogP contribution is 2.47. The number of nitrogens with one attached hydrogen (secondary N) is 2. The van der Waals surface area contributed by atoms with Crippen molar-refractivity contribution in [3.8, 4) is 0 Å². The van der Waals surface area contributed by atoms with Crippen LogP contribution in [0.2, 0.25) is 0 Å². The summed E-state index contributed by atoms with van der Waals surface area (Å²) in [5.41, 5.74) is 7.68. The number of carbonyl (C=O) groups excluding carboxylic acids is 9. The number of methoxy groups -OCH3 is 1. The summed E-state index contributed by atoms with van der Waals surface area (Å²) in [7, 11) is 3.65. The van der Waals surface area contributed by atoms with E-state index in [1.165, 1.54) is 29.5 Å². The van der Waals surface area contributed by atoms with Crippen molar-refractivity contribution in [2.45, 2.75) is 201 Å². The number of piperazine rings is 1. The lowest BCUT2D eigenvalue weighted by Gasteiger charge is -2.35. The van der Waals surface area contributed by atoms with Crippen molar-refractivity contribution in [3.05, 3.63) is 71.3 Å². The van der Waals surface area contributed by atoms with E-state index in [0.717, 1.165) is 49.9 Å². The Bertz CT molecular complexity index is 2560. The van der Waals surface area contributed by atoms with Crippen LogP contribution in [0.5, 0.6) is 0 Å². The van der Waals surface area contributed by atoms with Gasteiger partial charge in [0.15, 0.2) is 5.78 Å². The maximum Gasteiger partial charge on any atom is 0.410 e. The van der Waals surface area contributed by atoms with Crippen molar-refractivity contribution in [3.63, 3.8) is 0 Å². The summed E-state index contributed by atoms with van der Waals surface area (Å²) in [5.74, 6) is -1.40. The van der Waals surface area contributed by atoms with Crippen molar-refractivity contribution in [2.75, 3.05) is 73.2 Å². The molecule has 0 unspecified atom stereocenters. The van der Waals surface area contributed by atoms with Crippen LogP contribution in [0.25, 0.3) is 0 Å². The topological polar surface area (TPSA) is 292 Å². The number of benzene rings is 1. The zero-order valence-corrected chi connectivity index (χ0v) is 55.5. The molecule has 0 aromatic heterocycles. The quantitative estimate of drug-likeness (QED) is 0.0163. The number of unbranched alkanes of at least 4 members (excludes halogenated alkanes) is 2. The third-order valence-electron chi connectivity index (χ3n) is 17.3. The maximum atomic E-state index is 13.5. The van der Waals surface area contributed by atoms with Crippen LogP contribution in [0, 0.1) is 29.6 Å². The molecule has 5 rings (SSSR count). The van der Waals surface area contributed by atoms with Gasteiger partial charge >= 0.3 is 18.1 Å². The van der Waals surface area contributed by atoms with Crippen molar-refractivity contribution in [1.29, 1.82) is 0 Å². The van der Waals surface area contributed by atoms with Crippen LogP contribution >= 0.6 is 0 Å². The Hall–Kier alpha value is -6.17. The molecule has 0 bridgehead atoms. The summed E-state index contributed by atoms with van der Waals surface area (Å²) >= 11 is 0. The Morgan fingerprint density at radius 1 is 0.844 bits per heavy atom. The molecule has 22 heteroatoms. The lowest BCUT2D eigenvalue weighted by molar-refractivity contribution is -0.143. The first-order chi connectivity index (χ1) is 42.7. The number of likely N-dealkylation sites (N-methyl/N-ethyl adjacent to an activating group) is 1. The summed E-state index contributed by atoms with van der Waals surface area (Å²) < 4.78 is 33.7. The van der Waals surface area contributed by atoms with Gasteiger partial charge in [-0.3, -0.25) is 38.5 Å². The molecule has 90 heavy (non-hydrogen) atoms. The maximum absolute atomic E-state index is 13.5. The molecule has 0 radical (unpaired) electrons. The predicted octanol–water partition coefficient (Wildman–Crippen LogP) is 7.54. The number of nitrogens with zero attached hydrogens (tertiary/aromatic N) is 3. The minimum absolute atomic E-state index is 0.0293. The third kappa shape index (κ3) is 27.3. The number of nitrogens with two attached hydrogens (primary N) is 1. The number of esters is 1. The highest BCUT2D eigenvalue weighted by atomic mass is 16.6. The number of Topliss-reactive ketones (excluding diaryl/α,β-unsaturated/α-hetero) is 3. The molecule has 0 aliphatic carbocycles. The van der Waals surface area contributed by atoms with Gasteiger partial charge in [-0.25, -0.2) is 9.59 Å². The number of amides is 6. The van der Waals surface area contributed by atoms with Gasteiger partial charge in [0.1, 0.15) is 24.8 Å². The van der Waals surface area contributed by atoms with Crippen molar-refractivity contribution < 1.29 is 76.7 Å². The molecular weight excluding hydrogens is 1160 g/mol. The standard InChI is InChI=1S/C36H52N6O8.C32H54O8/c1-25(2)29(23-28(43)8-5-4-6-17-42-32(45)14-15-33(42)46)34(47)39-30(9-7-16-38-35(37)48)31(44)22-26-10-12-27(13-11-26)24-50-36(49)41-20-18-40(3)19-21-41;1-21(20-32(7)31(40-32)24(4)30(36-8)25(5)33)10-9-11-22(2)29-23(3)12-14-28(39-29)15-13-27(35)16-17-37-18-19-38-26(6)34/h10-15,25,29-30H,4-9,16-24H2,1-3H3,(H,39,47)(H3,37,38,48);9-11,21,23-25,28-31,33H,12-20H2,1-8H3/b;10-9+,22-11+/t29-,30-;21-,23+,24-,25-,28-,29-,30-,31-,32-/m01/s1. The van der Waals surface area contributed by atoms with Gasteiger partial charge in [0.05, 0.1) is 55.4 Å². The first-order valence-corrected chi connectivity index (χ1v) is 32.4. The van der Waals surface area contributed by atoms with E-state index in [4.69, 9.17) is 34.2 Å². The molecule has 4 aliphatic rings. The number of rotatable bonds is 38. The smallest absolute Gasteiger partial charge is 0.410 e. The molecule has 5 N–H and O–H groups in total. The first-order valence-electron chi connectivity index (χ1n) is 32.4. The summed E-state index contributed by atoms with van der Waals surface area (Å²) in [5, 5.41) is 15.4. The van der Waals surface area contributed by atoms with Gasteiger partial charge in [-0.1, -0.05) is 83.5 Å². The van der Waals surface area contributed by atoms with Gasteiger partial charge in [-0.15, -0.1) is 0 Å². The Labute approximate surface area is 534 Å². The fourth-order valence-electron chi connectivity index (χ4n) is 11.9. The molecule has 3 saturated heterocycles. The van der Waals surface area contributed by atoms with E-state index in [1.54, 1.807) is 43.2 Å². The Balaban J connectivity index is 0.000000394. The average molecular weight is 1260 g/mol. The first kappa shape index (κ1) is 76.3. The predicted molar refractivity (Wildman–Crippen MR) is 340 cm³/mol. The molecule has 3 fully saturated rings. The zero-order valence-electron chi connectivity index (χ0n) is 55.5. The van der Waals surface area contributed by atoms with E-state index in [0.29, 0.717) is 83.2 Å². The number of ether oxygens (including phenoxy) is 6. The normalized spacial score (nSPS) is 22.3. The largest absolute Gasteiger partial charge is 0.463 e. The van der Waals surface area contributed by atoms with Crippen LogP contribution in [-0.4, -0.2) is 188 Å². The minimum Gasteiger partial charge on any atom is -0.463 e. The second-order valence-electron chi connectivity index (χ2n) is 25.5. The number of primary amides is 1. The van der Waals surface area contributed by atoms with Gasteiger partial charge in [0.25, 0.3) is 11.8 Å². The monoisotopic (exact) mass is 1260 g/mol. The lowest BCUT2D eigenvalue weighted by Crippen LogP contribution is -2.47. The average Bonchev–Trinajstić information content (AvgIpc) is 1.60. The van der Waals surface area contributed by atoms with Crippen LogP contribution in [0.4, 0.5) is 9.59 Å². The number of aliphatic hydroxyl groups excluding tert-OH is 1. The van der Waals surface area contributed by atoms with Crippen LogP contribution in [-0.2, 0) is 75.0 Å². The van der Waals surface area contributed by atoms with E-state index in [1.807, 2.05) is 20.9 Å². The number of epoxide rings is 1. The third-order valence-corrected chi connectivity index (χ3v) is 17.3. The van der Waals surface area contributed by atoms with Gasteiger partial charge < -0.3 is 59.7 Å². The minimum atomic E-state index is -0.844. The molecule has 6 amide bonds. The second kappa shape index (κ2) is 39.3. The van der Waals surface area contributed by atoms with E-state index >= 15 is 0 Å². The lowest BCUT2D eigenvalue weighted by atomic mass is 9.85. The summed E-state index contributed by atoms with van der Waals surface area (Å²) in [4.78, 5) is 115. The number of aliphatic hydroxyl groups is 1. The number of hydrogen-bond donors (Lipinski definition) is 4. The van der Waals surface area contributed by atoms with Crippen molar-refractivity contribution in [1.82, 2.24) is 25.3 Å². The molecule has 1 aromatic carbocycles. The number of carbonyl (C=O) groups is 9. The number of ketones is 3. The van der Waals surface area contributed by atoms with E-state index < -0.39 is 24.1 Å². The fraction of sp³-hybridized carbons (Fsp3) is 0.691. The fourth-order valence-corrected chi connectivity index (χ4v) is 11.9. The molecule has 4 aliphatic heterocycles. The number of hydrogen-bond acceptors (Lipinski definition) is 17. The highest BCUT2D eigenvalue weighted by molar-refractivity contribution is 6.12. The van der Waals surface area contributed by atoms with Crippen LogP contribution in [0.15, 0.2) is 60.2 Å². The van der Waals surface area contributed by atoms with Gasteiger partial charge in [0, 0.05) is 109 Å². The molecule has 0 spiro atoms. The van der Waals surface area contributed by atoms with E-state index in [9.17, 15) is 48.3 Å². The highest BCUT2D eigenvalue weighted by Gasteiger charge is 2.57. The van der Waals surface area contributed by atoms with Crippen LogP contribution in [0.3, 0.4) is 0 Å². The van der Waals surface area contributed by atoms with E-state index in [2.05, 4.69) is 68.4 Å². The summed E-state index contributed by atoms with van der Waals surface area (Å²) in [6, 6.07) is 5.65. The molecule has 22 nitrogen and oxygen atoms in total. The van der Waals surface area contributed by atoms with Crippen molar-refractivity contribution in [2.24, 2.45) is 35.3 Å². The zero-order chi connectivity index (χ0) is 66.5. The molecule has 4 heterocycles. The summed E-state index contributed by atoms with van der Waals surface area (Å²) in [6.07, 6.45) is 15.5.